The van der Waals surface area contributed by atoms with Crippen LogP contribution in [0.3, 0.4) is 0 Å². The predicted molar refractivity (Wildman–Crippen MR) is 98.7 cm³/mol. The minimum absolute atomic E-state index is 0.0407. The molecule has 1 saturated heterocycles. The number of hydrogen-bond donors (Lipinski definition) is 1. The third-order valence-corrected chi connectivity index (χ3v) is 4.48. The van der Waals surface area contributed by atoms with Gasteiger partial charge in [-0.2, -0.15) is 0 Å². The normalized spacial score (nSPS) is 16.4. The van der Waals surface area contributed by atoms with E-state index in [1.54, 1.807) is 7.11 Å². The summed E-state index contributed by atoms with van der Waals surface area (Å²) in [6, 6.07) is 8.22. The summed E-state index contributed by atoms with van der Waals surface area (Å²) in [7, 11) is 1.66. The van der Waals surface area contributed by atoms with E-state index in [4.69, 9.17) is 9.47 Å². The average Bonchev–Trinajstić information content (AvgIpc) is 2.60. The molecule has 0 aromatic heterocycles. The molecule has 1 aliphatic heterocycles. The number of morpholine rings is 1. The first kappa shape index (κ1) is 19.7. The van der Waals surface area contributed by atoms with Crippen molar-refractivity contribution in [1.82, 2.24) is 15.1 Å². The second-order valence-electron chi connectivity index (χ2n) is 6.60. The molecule has 25 heavy (non-hydrogen) atoms. The number of aryl methyl sites for hydroxylation is 1. The van der Waals surface area contributed by atoms with E-state index < -0.39 is 0 Å². The van der Waals surface area contributed by atoms with Crippen molar-refractivity contribution < 1.29 is 14.3 Å². The van der Waals surface area contributed by atoms with E-state index in [0.29, 0.717) is 19.7 Å². The number of nitrogens with one attached hydrogen (secondary N) is 1. The van der Waals surface area contributed by atoms with E-state index in [0.717, 1.165) is 38.4 Å². The Hall–Kier alpha value is -1.63. The Morgan fingerprint density at radius 3 is 2.76 bits per heavy atom. The van der Waals surface area contributed by atoms with Gasteiger partial charge in [-0.05, 0) is 25.0 Å². The SMILES string of the molecule is COCCN(Cc1ccccc1C)C(=O)NC(C)CN1CCOCC1. The van der Waals surface area contributed by atoms with Gasteiger partial charge in [-0.3, -0.25) is 4.90 Å². The van der Waals surface area contributed by atoms with Crippen LogP contribution in [0.1, 0.15) is 18.1 Å². The van der Waals surface area contributed by atoms with Crippen LogP contribution in [0.5, 0.6) is 0 Å². The van der Waals surface area contributed by atoms with Gasteiger partial charge in [0.05, 0.1) is 19.8 Å². The monoisotopic (exact) mass is 349 g/mol. The van der Waals surface area contributed by atoms with Gasteiger partial charge in [0, 0.05) is 45.9 Å². The summed E-state index contributed by atoms with van der Waals surface area (Å²) < 4.78 is 10.5. The fourth-order valence-electron chi connectivity index (χ4n) is 2.97. The largest absolute Gasteiger partial charge is 0.383 e. The Morgan fingerprint density at radius 2 is 2.08 bits per heavy atom. The van der Waals surface area contributed by atoms with Crippen LogP contribution in [0.25, 0.3) is 0 Å². The number of methoxy groups -OCH3 is 1. The number of amides is 2. The van der Waals surface area contributed by atoms with Crippen LogP contribution < -0.4 is 5.32 Å². The van der Waals surface area contributed by atoms with Gasteiger partial charge in [-0.25, -0.2) is 4.79 Å². The van der Waals surface area contributed by atoms with E-state index in [1.165, 1.54) is 5.56 Å². The molecule has 1 atom stereocenters. The lowest BCUT2D eigenvalue weighted by Gasteiger charge is -2.31. The molecule has 0 radical (unpaired) electrons. The molecule has 6 nitrogen and oxygen atoms in total. The molecule has 0 saturated carbocycles. The van der Waals surface area contributed by atoms with Crippen molar-refractivity contribution >= 4 is 6.03 Å². The molecule has 0 bridgehead atoms. The number of carbonyl (C=O) groups excluding carboxylic acids is 1. The smallest absolute Gasteiger partial charge is 0.318 e. The Bertz CT molecular complexity index is 532. The van der Waals surface area contributed by atoms with E-state index >= 15 is 0 Å². The molecule has 1 aliphatic rings. The van der Waals surface area contributed by atoms with Gasteiger partial charge in [0.1, 0.15) is 0 Å². The Balaban J connectivity index is 1.91. The van der Waals surface area contributed by atoms with Crippen molar-refractivity contribution in [2.45, 2.75) is 26.4 Å². The van der Waals surface area contributed by atoms with E-state index in [9.17, 15) is 4.79 Å². The van der Waals surface area contributed by atoms with E-state index in [-0.39, 0.29) is 12.1 Å². The molecule has 1 unspecified atom stereocenters. The fourth-order valence-corrected chi connectivity index (χ4v) is 2.97. The number of benzene rings is 1. The number of nitrogens with zero attached hydrogens (tertiary/aromatic N) is 2. The van der Waals surface area contributed by atoms with Gasteiger partial charge in [0.2, 0.25) is 0 Å². The maximum Gasteiger partial charge on any atom is 0.318 e. The lowest BCUT2D eigenvalue weighted by atomic mass is 10.1. The highest BCUT2D eigenvalue weighted by molar-refractivity contribution is 5.74. The number of hydrogen-bond acceptors (Lipinski definition) is 4. The highest BCUT2D eigenvalue weighted by atomic mass is 16.5. The average molecular weight is 349 g/mol. The van der Waals surface area contributed by atoms with Crippen LogP contribution in [-0.2, 0) is 16.0 Å². The summed E-state index contributed by atoms with van der Waals surface area (Å²) in [4.78, 5) is 16.9. The summed E-state index contributed by atoms with van der Waals surface area (Å²) in [5.74, 6) is 0. The molecule has 2 rings (SSSR count). The van der Waals surface area contributed by atoms with Gasteiger partial charge in [-0.1, -0.05) is 24.3 Å². The zero-order valence-corrected chi connectivity index (χ0v) is 15.7. The zero-order valence-electron chi connectivity index (χ0n) is 15.7. The van der Waals surface area contributed by atoms with Crippen molar-refractivity contribution in [3.05, 3.63) is 35.4 Å². The Labute approximate surface area is 151 Å². The van der Waals surface area contributed by atoms with Gasteiger partial charge in [0.25, 0.3) is 0 Å². The van der Waals surface area contributed by atoms with Crippen LogP contribution in [-0.4, -0.2) is 75.0 Å². The third-order valence-electron chi connectivity index (χ3n) is 4.48. The summed E-state index contributed by atoms with van der Waals surface area (Å²) >= 11 is 0. The van der Waals surface area contributed by atoms with Crippen molar-refractivity contribution in [3.63, 3.8) is 0 Å². The van der Waals surface area contributed by atoms with Crippen molar-refractivity contribution in [3.8, 4) is 0 Å². The molecular weight excluding hydrogens is 318 g/mol. The van der Waals surface area contributed by atoms with Crippen molar-refractivity contribution in [2.75, 3.05) is 53.1 Å². The summed E-state index contributed by atoms with van der Waals surface area (Å²) in [5, 5.41) is 3.12. The lowest BCUT2D eigenvalue weighted by molar-refractivity contribution is 0.0345. The second-order valence-corrected chi connectivity index (χ2v) is 6.60. The zero-order chi connectivity index (χ0) is 18.1. The predicted octanol–water partition coefficient (Wildman–Crippen LogP) is 1.87. The molecule has 1 aromatic rings. The molecule has 140 valence electrons. The maximum atomic E-state index is 12.7. The molecule has 1 N–H and O–H groups in total. The first-order chi connectivity index (χ1) is 12.1. The van der Waals surface area contributed by atoms with E-state index in [2.05, 4.69) is 36.2 Å². The standard InChI is InChI=1S/C19H31N3O3/c1-16-6-4-5-7-18(16)15-22(10-11-24-3)19(23)20-17(2)14-21-8-12-25-13-9-21/h4-7,17H,8-15H2,1-3H3,(H,20,23). The lowest BCUT2D eigenvalue weighted by Crippen LogP contribution is -2.50. The van der Waals surface area contributed by atoms with Crippen LogP contribution >= 0.6 is 0 Å². The highest BCUT2D eigenvalue weighted by Crippen LogP contribution is 2.11. The Kier molecular flexibility index (Phi) is 8.18. The Morgan fingerprint density at radius 1 is 1.36 bits per heavy atom. The van der Waals surface area contributed by atoms with Crippen molar-refractivity contribution in [1.29, 1.82) is 0 Å². The molecular formula is C19H31N3O3. The van der Waals surface area contributed by atoms with Gasteiger partial charge in [-0.15, -0.1) is 0 Å². The van der Waals surface area contributed by atoms with Gasteiger partial charge < -0.3 is 19.7 Å². The first-order valence-corrected chi connectivity index (χ1v) is 8.99. The first-order valence-electron chi connectivity index (χ1n) is 8.99. The molecule has 0 spiro atoms. The molecule has 1 heterocycles. The summed E-state index contributed by atoms with van der Waals surface area (Å²) in [6.45, 7) is 10.1. The van der Waals surface area contributed by atoms with E-state index in [1.807, 2.05) is 17.0 Å². The molecule has 1 fully saturated rings. The van der Waals surface area contributed by atoms with Crippen molar-refractivity contribution in [2.24, 2.45) is 0 Å². The highest BCUT2D eigenvalue weighted by Gasteiger charge is 2.19. The third kappa shape index (κ3) is 6.65. The summed E-state index contributed by atoms with van der Waals surface area (Å²) in [5.41, 5.74) is 2.36. The molecule has 6 heteroatoms. The van der Waals surface area contributed by atoms with Crippen LogP contribution in [0.2, 0.25) is 0 Å². The number of rotatable bonds is 8. The minimum atomic E-state index is -0.0407. The number of urea groups is 1. The quantitative estimate of drug-likeness (QED) is 0.778. The molecule has 2 amide bonds. The molecule has 1 aromatic carbocycles. The second kappa shape index (κ2) is 10.4. The van der Waals surface area contributed by atoms with Gasteiger partial charge >= 0.3 is 6.03 Å². The topological polar surface area (TPSA) is 54.0 Å². The van der Waals surface area contributed by atoms with Gasteiger partial charge in [0.15, 0.2) is 0 Å². The molecule has 0 aliphatic carbocycles. The maximum absolute atomic E-state index is 12.7. The van der Waals surface area contributed by atoms with Crippen LogP contribution in [0, 0.1) is 6.92 Å². The minimum Gasteiger partial charge on any atom is -0.383 e. The fraction of sp³-hybridized carbons (Fsp3) is 0.632. The summed E-state index contributed by atoms with van der Waals surface area (Å²) in [6.07, 6.45) is 0. The number of carbonyl (C=O) groups is 1. The van der Waals surface area contributed by atoms with Crippen LogP contribution in [0.4, 0.5) is 4.79 Å². The number of ether oxygens (including phenoxy) is 2. The van der Waals surface area contributed by atoms with Crippen LogP contribution in [0.15, 0.2) is 24.3 Å².